The fraction of sp³-hybridized carbons (Fsp3) is 0.517. The van der Waals surface area contributed by atoms with Gasteiger partial charge in [0.25, 0.3) is 0 Å². The van der Waals surface area contributed by atoms with E-state index in [4.69, 9.17) is 9.72 Å². The van der Waals surface area contributed by atoms with Gasteiger partial charge >= 0.3 is 12.2 Å². The van der Waals surface area contributed by atoms with E-state index in [1.54, 1.807) is 50.5 Å². The van der Waals surface area contributed by atoms with E-state index < -0.39 is 23.6 Å². The predicted octanol–water partition coefficient (Wildman–Crippen LogP) is 6.32. The molecule has 214 valence electrons. The highest BCUT2D eigenvalue weighted by molar-refractivity contribution is 5.96. The molecule has 10 nitrogen and oxygen atoms in total. The Labute approximate surface area is 233 Å². The number of piperidine rings is 1. The number of carboxylic acid groups (broad SMARTS) is 1. The van der Waals surface area contributed by atoms with E-state index in [1.165, 1.54) is 21.9 Å². The molecule has 1 unspecified atom stereocenters. The molecule has 1 atom stereocenters. The Morgan fingerprint density at radius 3 is 2.60 bits per heavy atom. The number of nitrogens with one attached hydrogen (secondary N) is 1. The summed E-state index contributed by atoms with van der Waals surface area (Å²) in [5, 5.41) is 17.4. The minimum Gasteiger partial charge on any atom is -0.465 e. The van der Waals surface area contributed by atoms with Gasteiger partial charge in [0.15, 0.2) is 5.65 Å². The van der Waals surface area contributed by atoms with Gasteiger partial charge in [0.05, 0.1) is 11.9 Å². The normalized spacial score (nSPS) is 17.9. The average molecular weight is 553 g/mol. The predicted molar refractivity (Wildman–Crippen MR) is 150 cm³/mol. The number of hydrogen-bond donors (Lipinski definition) is 2. The van der Waals surface area contributed by atoms with Gasteiger partial charge in [-0.15, -0.1) is 0 Å². The van der Waals surface area contributed by atoms with Crippen molar-refractivity contribution >= 4 is 35.2 Å². The molecule has 2 amide bonds. The zero-order chi connectivity index (χ0) is 28.6. The van der Waals surface area contributed by atoms with Gasteiger partial charge in [-0.2, -0.15) is 9.61 Å². The second-order valence-electron chi connectivity index (χ2n) is 11.9. The van der Waals surface area contributed by atoms with Crippen molar-refractivity contribution in [2.45, 2.75) is 71.3 Å². The summed E-state index contributed by atoms with van der Waals surface area (Å²) < 4.78 is 22.0. The lowest BCUT2D eigenvalue weighted by Gasteiger charge is -2.31. The van der Waals surface area contributed by atoms with E-state index in [0.29, 0.717) is 54.1 Å². The number of benzene rings is 1. The van der Waals surface area contributed by atoms with Crippen LogP contribution in [0, 0.1) is 18.7 Å². The highest BCUT2D eigenvalue weighted by Crippen LogP contribution is 2.40. The molecule has 0 radical (unpaired) electrons. The number of ether oxygens (including phenoxy) is 1. The Kier molecular flexibility index (Phi) is 7.57. The lowest BCUT2D eigenvalue weighted by Crippen LogP contribution is -2.41. The number of aromatic nitrogens is 3. The van der Waals surface area contributed by atoms with Gasteiger partial charge in [-0.1, -0.05) is 6.42 Å². The van der Waals surface area contributed by atoms with Crippen LogP contribution in [0.25, 0.3) is 5.65 Å². The Hall–Kier alpha value is -3.89. The van der Waals surface area contributed by atoms with E-state index >= 15 is 0 Å². The van der Waals surface area contributed by atoms with E-state index in [1.807, 2.05) is 0 Å². The van der Waals surface area contributed by atoms with Crippen LogP contribution in [0.2, 0.25) is 0 Å². The summed E-state index contributed by atoms with van der Waals surface area (Å²) >= 11 is 0. The highest BCUT2D eigenvalue weighted by Gasteiger charge is 2.31. The number of rotatable bonds is 6. The van der Waals surface area contributed by atoms with Crippen LogP contribution in [-0.2, 0) is 4.74 Å². The van der Waals surface area contributed by atoms with Crippen LogP contribution in [0.15, 0.2) is 30.5 Å². The first kappa shape index (κ1) is 27.7. The van der Waals surface area contributed by atoms with Crippen molar-refractivity contribution < 1.29 is 23.8 Å². The summed E-state index contributed by atoms with van der Waals surface area (Å²) in [4.78, 5) is 32.9. The van der Waals surface area contributed by atoms with Crippen molar-refractivity contribution in [1.29, 1.82) is 0 Å². The molecule has 1 aliphatic carbocycles. The molecule has 11 heteroatoms. The number of halogens is 1. The van der Waals surface area contributed by atoms with Gasteiger partial charge in [0.1, 0.15) is 23.1 Å². The number of hydrogen-bond acceptors (Lipinski definition) is 6. The summed E-state index contributed by atoms with van der Waals surface area (Å²) in [5.74, 6) is 0.881. The fourth-order valence-electron chi connectivity index (χ4n) is 5.36. The molecule has 1 aromatic carbocycles. The van der Waals surface area contributed by atoms with Crippen molar-refractivity contribution in [2.24, 2.45) is 5.92 Å². The molecule has 3 aromatic rings. The lowest BCUT2D eigenvalue weighted by atomic mass is 9.81. The molecule has 2 aromatic heterocycles. The smallest absolute Gasteiger partial charge is 0.420 e. The van der Waals surface area contributed by atoms with Crippen LogP contribution in [0.1, 0.15) is 69.9 Å². The van der Waals surface area contributed by atoms with Crippen molar-refractivity contribution in [3.63, 3.8) is 0 Å². The second kappa shape index (κ2) is 10.9. The molecule has 0 spiro atoms. The van der Waals surface area contributed by atoms with Crippen molar-refractivity contribution in [1.82, 2.24) is 19.5 Å². The second-order valence-corrected chi connectivity index (χ2v) is 11.9. The van der Waals surface area contributed by atoms with Gasteiger partial charge in [0.2, 0.25) is 0 Å². The molecule has 1 saturated carbocycles. The molecule has 5 rings (SSSR count). The van der Waals surface area contributed by atoms with Crippen molar-refractivity contribution in [3.05, 3.63) is 47.4 Å². The van der Waals surface area contributed by atoms with Crippen molar-refractivity contribution in [3.8, 4) is 0 Å². The average Bonchev–Trinajstić information content (AvgIpc) is 3.24. The minimum atomic E-state index is -0.908. The monoisotopic (exact) mass is 552 g/mol. The molecular formula is C29H37FN6O4. The summed E-state index contributed by atoms with van der Waals surface area (Å²) in [7, 11) is 0. The summed E-state index contributed by atoms with van der Waals surface area (Å²) in [5.41, 5.74) is 1.81. The van der Waals surface area contributed by atoms with Gasteiger partial charge in [-0.25, -0.2) is 23.9 Å². The maximum atomic E-state index is 14.6. The number of carbonyl (C=O) groups excluding carboxylic acids is 1. The number of nitrogens with zero attached hydrogens (tertiary/aromatic N) is 5. The number of likely N-dealkylation sites (tertiary alicyclic amines) is 1. The topological polar surface area (TPSA) is 112 Å². The maximum absolute atomic E-state index is 14.6. The van der Waals surface area contributed by atoms with Crippen molar-refractivity contribution in [2.75, 3.05) is 29.9 Å². The summed E-state index contributed by atoms with van der Waals surface area (Å²) in [6.45, 7) is 8.61. The highest BCUT2D eigenvalue weighted by atomic mass is 19.1. The third kappa shape index (κ3) is 5.97. The van der Waals surface area contributed by atoms with Gasteiger partial charge in [-0.3, -0.25) is 0 Å². The Morgan fingerprint density at radius 1 is 1.18 bits per heavy atom. The van der Waals surface area contributed by atoms with Crippen LogP contribution in [0.4, 0.5) is 31.3 Å². The first-order valence-corrected chi connectivity index (χ1v) is 13.9. The number of carbonyl (C=O) groups is 2. The Balaban J connectivity index is 1.58. The zero-order valence-corrected chi connectivity index (χ0v) is 23.5. The lowest BCUT2D eigenvalue weighted by molar-refractivity contribution is 0.0597. The van der Waals surface area contributed by atoms with Gasteiger partial charge in [-0.05, 0) is 89.0 Å². The summed E-state index contributed by atoms with van der Waals surface area (Å²) in [6.07, 6.45) is 5.16. The number of aryl methyl sites for hydroxylation is 1. The number of anilines is 3. The molecule has 40 heavy (non-hydrogen) atoms. The number of fused-ring (bicyclic) bond motifs is 1. The van der Waals surface area contributed by atoms with Gasteiger partial charge in [0, 0.05) is 31.3 Å². The third-order valence-corrected chi connectivity index (χ3v) is 7.48. The SMILES string of the molecule is Cc1cc(F)cc(N(C(=O)OC(C)(C)C)c2cc(NCC3CCCN(C(=O)O)C3)nc3c(C4CCC4)cnn23)c1. The molecule has 1 aliphatic heterocycles. The van der Waals surface area contributed by atoms with E-state index in [-0.39, 0.29) is 5.92 Å². The Bertz CT molecular complexity index is 1390. The molecule has 0 bridgehead atoms. The molecule has 2 fully saturated rings. The van der Waals surface area contributed by atoms with Crippen LogP contribution < -0.4 is 10.2 Å². The fourth-order valence-corrected chi connectivity index (χ4v) is 5.36. The van der Waals surface area contributed by atoms with Crippen LogP contribution >= 0.6 is 0 Å². The van der Waals surface area contributed by atoms with E-state index in [0.717, 1.165) is 37.7 Å². The number of amides is 2. The first-order chi connectivity index (χ1) is 19.0. The van der Waals surface area contributed by atoms with E-state index in [9.17, 15) is 19.1 Å². The zero-order valence-electron chi connectivity index (χ0n) is 23.5. The van der Waals surface area contributed by atoms with Crippen LogP contribution in [-0.4, -0.2) is 62.0 Å². The first-order valence-electron chi connectivity index (χ1n) is 13.9. The molecular weight excluding hydrogens is 515 g/mol. The maximum Gasteiger partial charge on any atom is 0.420 e. The third-order valence-electron chi connectivity index (χ3n) is 7.48. The largest absolute Gasteiger partial charge is 0.465 e. The summed E-state index contributed by atoms with van der Waals surface area (Å²) in [6, 6.07) is 6.14. The Morgan fingerprint density at radius 2 is 1.95 bits per heavy atom. The standard InChI is InChI=1S/C29H37FN6O4/c1-18-11-21(30)13-22(12-18)35(28(39)40-29(2,3)4)25-14-24(31-15-19-7-6-10-34(17-19)27(37)38)33-26-23(16-32-36(25)26)20-8-5-9-20/h11-14,16,19-20H,5-10,15,17H2,1-4H3,(H,31,33)(H,37,38). The molecule has 1 saturated heterocycles. The minimum absolute atomic E-state index is 0.121. The quantitative estimate of drug-likeness (QED) is 0.368. The van der Waals surface area contributed by atoms with Crippen LogP contribution in [0.3, 0.4) is 0 Å². The van der Waals surface area contributed by atoms with Gasteiger partial charge < -0.3 is 20.1 Å². The van der Waals surface area contributed by atoms with Crippen LogP contribution in [0.5, 0.6) is 0 Å². The molecule has 3 heterocycles. The van der Waals surface area contributed by atoms with E-state index in [2.05, 4.69) is 10.4 Å². The molecule has 2 aliphatic rings. The molecule has 2 N–H and O–H groups in total.